The van der Waals surface area contributed by atoms with Crippen LogP contribution in [0.3, 0.4) is 0 Å². The first kappa shape index (κ1) is 15.4. The summed E-state index contributed by atoms with van der Waals surface area (Å²) >= 11 is 0. The molecule has 1 nitrogen and oxygen atoms in total. The maximum Gasteiger partial charge on any atom is 0.0500 e. The van der Waals surface area contributed by atoms with E-state index in [4.69, 9.17) is 0 Å². The average Bonchev–Trinajstić information content (AvgIpc) is 2.95. The van der Waals surface area contributed by atoms with Crippen molar-refractivity contribution < 1.29 is 0 Å². The molecule has 0 aromatic rings. The molecule has 0 aromatic carbocycles. The van der Waals surface area contributed by atoms with E-state index in [0.29, 0.717) is 5.92 Å². The first-order valence-corrected chi connectivity index (χ1v) is 8.49. The van der Waals surface area contributed by atoms with Gasteiger partial charge in [-0.1, -0.05) is 43.9 Å². The van der Waals surface area contributed by atoms with Crippen LogP contribution >= 0.6 is 0 Å². The lowest BCUT2D eigenvalue weighted by atomic mass is 9.99. The molecule has 2 aliphatic heterocycles. The van der Waals surface area contributed by atoms with E-state index in [1.165, 1.54) is 57.9 Å². The van der Waals surface area contributed by atoms with Crippen molar-refractivity contribution in [3.8, 4) is 0 Å². The van der Waals surface area contributed by atoms with Gasteiger partial charge < -0.3 is 4.90 Å². The summed E-state index contributed by atoms with van der Waals surface area (Å²) in [5.41, 5.74) is 3.15. The Morgan fingerprint density at radius 2 is 2.10 bits per heavy atom. The summed E-state index contributed by atoms with van der Waals surface area (Å²) < 4.78 is 0. The van der Waals surface area contributed by atoms with Crippen LogP contribution in [0.15, 0.2) is 36.1 Å². The van der Waals surface area contributed by atoms with Gasteiger partial charge in [-0.15, -0.1) is 6.58 Å². The zero-order valence-electron chi connectivity index (χ0n) is 13.4. The molecule has 1 saturated heterocycles. The van der Waals surface area contributed by atoms with Crippen molar-refractivity contribution in [1.82, 2.24) is 4.90 Å². The van der Waals surface area contributed by atoms with Gasteiger partial charge in [0.1, 0.15) is 0 Å². The molecule has 0 spiro atoms. The second-order valence-electron chi connectivity index (χ2n) is 6.59. The quantitative estimate of drug-likeness (QED) is 0.419. The van der Waals surface area contributed by atoms with Crippen molar-refractivity contribution in [2.24, 2.45) is 5.92 Å². The highest BCUT2D eigenvalue weighted by molar-refractivity contribution is 5.28. The van der Waals surface area contributed by atoms with Crippen LogP contribution in [-0.2, 0) is 0 Å². The summed E-state index contributed by atoms with van der Waals surface area (Å²) in [6.07, 6.45) is 17.6. The van der Waals surface area contributed by atoms with Crippen molar-refractivity contribution in [2.45, 2.75) is 71.3 Å². The number of nitrogens with zero attached hydrogens (tertiary/aromatic N) is 1. The third-order valence-corrected chi connectivity index (χ3v) is 4.93. The fourth-order valence-electron chi connectivity index (χ4n) is 3.49. The lowest BCUT2D eigenvalue weighted by Gasteiger charge is -2.33. The van der Waals surface area contributed by atoms with Gasteiger partial charge in [0, 0.05) is 18.3 Å². The number of hydrogen-bond donors (Lipinski definition) is 0. The fourth-order valence-corrected chi connectivity index (χ4v) is 3.49. The summed E-state index contributed by atoms with van der Waals surface area (Å²) in [5.74, 6) is 0.689. The fraction of sp³-hybridized carbons (Fsp3) is 0.684. The van der Waals surface area contributed by atoms with Crippen molar-refractivity contribution in [3.05, 3.63) is 36.1 Å². The summed E-state index contributed by atoms with van der Waals surface area (Å²) in [6.45, 7) is 9.69. The normalized spacial score (nSPS) is 23.1. The van der Waals surface area contributed by atoms with E-state index in [2.05, 4.69) is 43.6 Å². The highest BCUT2D eigenvalue weighted by atomic mass is 15.2. The Kier molecular flexibility index (Phi) is 5.94. The second-order valence-corrected chi connectivity index (χ2v) is 6.59. The zero-order chi connectivity index (χ0) is 14.4. The number of unbranched alkanes of at least 4 members (excludes halogenated alkanes) is 3. The molecule has 0 aromatic heterocycles. The van der Waals surface area contributed by atoms with E-state index in [1.807, 2.05) is 0 Å². The Bertz CT molecular complexity index is 377. The van der Waals surface area contributed by atoms with E-state index >= 15 is 0 Å². The molecule has 0 saturated carbocycles. The number of fused-ring (bicyclic) bond motifs is 1. The van der Waals surface area contributed by atoms with Gasteiger partial charge >= 0.3 is 0 Å². The minimum Gasteiger partial charge on any atom is -0.368 e. The largest absolute Gasteiger partial charge is 0.368 e. The van der Waals surface area contributed by atoms with Gasteiger partial charge in [0.2, 0.25) is 0 Å². The van der Waals surface area contributed by atoms with Gasteiger partial charge in [-0.05, 0) is 51.0 Å². The molecule has 1 heteroatoms. The van der Waals surface area contributed by atoms with Crippen molar-refractivity contribution in [1.29, 1.82) is 0 Å². The van der Waals surface area contributed by atoms with Crippen LogP contribution in [0.25, 0.3) is 0 Å². The van der Waals surface area contributed by atoms with Gasteiger partial charge in [-0.25, -0.2) is 0 Å². The molecule has 2 heterocycles. The summed E-state index contributed by atoms with van der Waals surface area (Å²) in [6, 6.07) is 0.725. The molecule has 0 amide bonds. The molecule has 2 atom stereocenters. The predicted molar refractivity (Wildman–Crippen MR) is 88.6 cm³/mol. The minimum atomic E-state index is 0.689. The standard InChI is InChI=1S/C19H31N/c1-4-16(2)10-7-5-6-8-11-18-14-13-17(3)19-12-9-15-20(18)19/h4,13-14,16,19H,1,5-12,15H2,2-3H3. The molecule has 0 aliphatic carbocycles. The third kappa shape index (κ3) is 4.01. The van der Waals surface area contributed by atoms with Crippen LogP contribution in [0, 0.1) is 5.92 Å². The lowest BCUT2D eigenvalue weighted by molar-refractivity contribution is 0.332. The first-order valence-electron chi connectivity index (χ1n) is 8.49. The van der Waals surface area contributed by atoms with E-state index < -0.39 is 0 Å². The zero-order valence-corrected chi connectivity index (χ0v) is 13.4. The highest BCUT2D eigenvalue weighted by Crippen LogP contribution is 2.32. The van der Waals surface area contributed by atoms with Crippen LogP contribution in [0.2, 0.25) is 0 Å². The average molecular weight is 273 g/mol. The second kappa shape index (κ2) is 7.71. The SMILES string of the molecule is C=CC(C)CCCCCCC1=CC=C(C)C2CCCN12. The maximum absolute atomic E-state index is 3.86. The van der Waals surface area contributed by atoms with Gasteiger partial charge in [0.05, 0.1) is 0 Å². The van der Waals surface area contributed by atoms with E-state index in [1.54, 1.807) is 11.3 Å². The van der Waals surface area contributed by atoms with Crippen molar-refractivity contribution in [3.63, 3.8) is 0 Å². The molecule has 112 valence electrons. The Hall–Kier alpha value is -0.980. The molecule has 0 radical (unpaired) electrons. The summed E-state index contributed by atoms with van der Waals surface area (Å²) in [7, 11) is 0. The van der Waals surface area contributed by atoms with Crippen molar-refractivity contribution >= 4 is 0 Å². The highest BCUT2D eigenvalue weighted by Gasteiger charge is 2.28. The van der Waals surface area contributed by atoms with Crippen LogP contribution in [0.1, 0.15) is 65.2 Å². The Morgan fingerprint density at radius 1 is 1.30 bits per heavy atom. The lowest BCUT2D eigenvalue weighted by Crippen LogP contribution is -2.31. The maximum atomic E-state index is 3.86. The molecule has 0 bridgehead atoms. The van der Waals surface area contributed by atoms with E-state index in [0.717, 1.165) is 6.04 Å². The predicted octanol–water partition coefficient (Wildman–Crippen LogP) is 5.46. The molecular weight excluding hydrogens is 242 g/mol. The Labute approximate surface area is 125 Å². The van der Waals surface area contributed by atoms with Crippen molar-refractivity contribution in [2.75, 3.05) is 6.54 Å². The van der Waals surface area contributed by atoms with E-state index in [-0.39, 0.29) is 0 Å². The Balaban J connectivity index is 1.65. The molecule has 1 fully saturated rings. The molecular formula is C19H31N. The van der Waals surface area contributed by atoms with E-state index in [9.17, 15) is 0 Å². The van der Waals surface area contributed by atoms with Gasteiger partial charge in [-0.3, -0.25) is 0 Å². The van der Waals surface area contributed by atoms with Gasteiger partial charge in [-0.2, -0.15) is 0 Å². The molecule has 0 N–H and O–H groups in total. The summed E-state index contributed by atoms with van der Waals surface area (Å²) in [4.78, 5) is 2.66. The minimum absolute atomic E-state index is 0.689. The number of hydrogen-bond acceptors (Lipinski definition) is 1. The van der Waals surface area contributed by atoms with Crippen LogP contribution < -0.4 is 0 Å². The first-order chi connectivity index (χ1) is 9.72. The smallest absolute Gasteiger partial charge is 0.0500 e. The number of allylic oxidation sites excluding steroid dienone is 4. The molecule has 2 unspecified atom stereocenters. The monoisotopic (exact) mass is 273 g/mol. The Morgan fingerprint density at radius 3 is 2.90 bits per heavy atom. The summed E-state index contributed by atoms with van der Waals surface area (Å²) in [5, 5.41) is 0. The van der Waals surface area contributed by atoms with Gasteiger partial charge in [0.25, 0.3) is 0 Å². The third-order valence-electron chi connectivity index (χ3n) is 4.93. The molecule has 2 rings (SSSR count). The molecule has 2 aliphatic rings. The van der Waals surface area contributed by atoms with Crippen LogP contribution in [0.5, 0.6) is 0 Å². The van der Waals surface area contributed by atoms with Gasteiger partial charge in [0.15, 0.2) is 0 Å². The molecule has 20 heavy (non-hydrogen) atoms. The topological polar surface area (TPSA) is 3.24 Å². The van der Waals surface area contributed by atoms with Crippen LogP contribution in [0.4, 0.5) is 0 Å². The van der Waals surface area contributed by atoms with Crippen LogP contribution in [-0.4, -0.2) is 17.5 Å². The number of rotatable bonds is 8.